The van der Waals surface area contributed by atoms with Crippen LogP contribution < -0.4 is 5.32 Å². The molecule has 5 nitrogen and oxygen atoms in total. The van der Waals surface area contributed by atoms with Gasteiger partial charge in [-0.05, 0) is 49.2 Å². The number of nitrogens with zero attached hydrogens (tertiary/aromatic N) is 2. The Morgan fingerprint density at radius 1 is 1.25 bits per heavy atom. The van der Waals surface area contributed by atoms with Crippen LogP contribution in [0, 0.1) is 13.8 Å². The molecule has 24 heavy (non-hydrogen) atoms. The normalized spacial score (nSPS) is 13.1. The third-order valence-corrected chi connectivity index (χ3v) is 5.23. The highest BCUT2D eigenvalue weighted by Gasteiger charge is 2.25. The molecule has 0 spiro atoms. The Morgan fingerprint density at radius 3 is 2.88 bits per heavy atom. The van der Waals surface area contributed by atoms with E-state index >= 15 is 0 Å². The van der Waals surface area contributed by atoms with E-state index in [1.54, 1.807) is 12.1 Å². The molecule has 0 unspecified atom stereocenters. The molecule has 0 saturated carbocycles. The van der Waals surface area contributed by atoms with Crippen molar-refractivity contribution in [1.29, 1.82) is 0 Å². The summed E-state index contributed by atoms with van der Waals surface area (Å²) in [4.78, 5) is 12.4. The Kier molecular flexibility index (Phi) is 3.69. The van der Waals surface area contributed by atoms with Crippen molar-refractivity contribution in [3.05, 3.63) is 64.7 Å². The van der Waals surface area contributed by atoms with E-state index in [1.807, 2.05) is 22.5 Å². The predicted octanol–water partition coefficient (Wildman–Crippen LogP) is 4.08. The van der Waals surface area contributed by atoms with Crippen molar-refractivity contribution < 1.29 is 9.21 Å². The van der Waals surface area contributed by atoms with Crippen LogP contribution in [-0.2, 0) is 11.5 Å². The van der Waals surface area contributed by atoms with Crippen LogP contribution in [0.15, 0.2) is 41.0 Å². The molecule has 0 radical (unpaired) electrons. The van der Waals surface area contributed by atoms with Crippen LogP contribution in [0.4, 0.5) is 5.82 Å². The predicted molar refractivity (Wildman–Crippen MR) is 94.7 cm³/mol. The second kappa shape index (κ2) is 5.87. The van der Waals surface area contributed by atoms with Gasteiger partial charge in [-0.1, -0.05) is 6.07 Å². The number of carbonyl (C=O) groups excluding carboxylic acids is 1. The third kappa shape index (κ3) is 2.53. The minimum Gasteiger partial charge on any atom is -0.459 e. The molecule has 1 aliphatic heterocycles. The van der Waals surface area contributed by atoms with E-state index in [9.17, 15) is 4.79 Å². The summed E-state index contributed by atoms with van der Waals surface area (Å²) in [6.07, 6.45) is 1.50. The van der Waals surface area contributed by atoms with Crippen LogP contribution >= 0.6 is 11.8 Å². The largest absolute Gasteiger partial charge is 0.459 e. The van der Waals surface area contributed by atoms with Gasteiger partial charge in [-0.15, -0.1) is 0 Å². The number of benzene rings is 1. The van der Waals surface area contributed by atoms with Crippen molar-refractivity contribution in [3.63, 3.8) is 0 Å². The molecular formula is C18H17N3O2S. The number of furan rings is 1. The Morgan fingerprint density at radius 2 is 2.12 bits per heavy atom. The second-order valence-electron chi connectivity index (χ2n) is 5.88. The number of rotatable bonds is 3. The maximum Gasteiger partial charge on any atom is 0.292 e. The second-order valence-corrected chi connectivity index (χ2v) is 6.86. The molecule has 0 bridgehead atoms. The van der Waals surface area contributed by atoms with Crippen molar-refractivity contribution in [3.8, 4) is 5.69 Å². The number of hydrogen-bond acceptors (Lipinski definition) is 4. The third-order valence-electron chi connectivity index (χ3n) is 4.26. The lowest BCUT2D eigenvalue weighted by Gasteiger charge is -2.11. The van der Waals surface area contributed by atoms with E-state index in [0.29, 0.717) is 5.76 Å². The summed E-state index contributed by atoms with van der Waals surface area (Å²) >= 11 is 1.81. The highest BCUT2D eigenvalue weighted by atomic mass is 32.2. The molecule has 0 saturated heterocycles. The average Bonchev–Trinajstić information content (AvgIpc) is 3.28. The van der Waals surface area contributed by atoms with E-state index < -0.39 is 0 Å². The van der Waals surface area contributed by atoms with E-state index in [0.717, 1.165) is 34.3 Å². The molecule has 1 aliphatic rings. The number of aromatic nitrogens is 2. The minimum absolute atomic E-state index is 0.260. The van der Waals surface area contributed by atoms with Crippen LogP contribution in [0.2, 0.25) is 0 Å². The number of fused-ring (bicyclic) bond motifs is 1. The fourth-order valence-electron chi connectivity index (χ4n) is 2.76. The molecule has 0 aliphatic carbocycles. The van der Waals surface area contributed by atoms with Crippen molar-refractivity contribution in [2.24, 2.45) is 0 Å². The van der Waals surface area contributed by atoms with Crippen molar-refractivity contribution in [2.75, 3.05) is 5.32 Å². The summed E-state index contributed by atoms with van der Waals surface area (Å²) in [5.74, 6) is 2.50. The van der Waals surface area contributed by atoms with Gasteiger partial charge >= 0.3 is 0 Å². The van der Waals surface area contributed by atoms with Gasteiger partial charge in [-0.25, -0.2) is 4.68 Å². The first-order valence-corrected chi connectivity index (χ1v) is 8.90. The van der Waals surface area contributed by atoms with Gasteiger partial charge in [0, 0.05) is 17.1 Å². The van der Waals surface area contributed by atoms with Gasteiger partial charge in [0.2, 0.25) is 0 Å². The van der Waals surface area contributed by atoms with Gasteiger partial charge in [0.15, 0.2) is 5.76 Å². The zero-order valence-electron chi connectivity index (χ0n) is 13.5. The summed E-state index contributed by atoms with van der Waals surface area (Å²) in [5.41, 5.74) is 5.51. The molecule has 1 aromatic carbocycles. The molecule has 122 valence electrons. The molecule has 1 amide bonds. The first kappa shape index (κ1) is 15.1. The summed E-state index contributed by atoms with van der Waals surface area (Å²) in [6.45, 7) is 4.16. The summed E-state index contributed by atoms with van der Waals surface area (Å²) in [5, 5.41) is 7.70. The van der Waals surface area contributed by atoms with E-state index in [-0.39, 0.29) is 5.91 Å². The van der Waals surface area contributed by atoms with Crippen LogP contribution in [0.1, 0.15) is 32.9 Å². The standard InChI is InChI=1S/C18H17N3O2S/c1-11-5-6-13(8-12(11)2)21-17(14-9-24-10-15(14)20-21)19-18(22)16-4-3-7-23-16/h3-8H,9-10H2,1-2H3,(H,19,22). The molecule has 3 heterocycles. The van der Waals surface area contributed by atoms with Crippen molar-refractivity contribution >= 4 is 23.5 Å². The molecular weight excluding hydrogens is 322 g/mol. The molecule has 0 atom stereocenters. The Hall–Kier alpha value is -2.47. The number of nitrogens with one attached hydrogen (secondary N) is 1. The Balaban J connectivity index is 1.77. The average molecular weight is 339 g/mol. The fourth-order valence-corrected chi connectivity index (χ4v) is 3.80. The number of carbonyl (C=O) groups is 1. The van der Waals surface area contributed by atoms with Crippen molar-refractivity contribution in [2.45, 2.75) is 25.4 Å². The molecule has 2 aromatic heterocycles. The Bertz CT molecular complexity index is 913. The number of thioether (sulfide) groups is 1. The molecule has 1 N–H and O–H groups in total. The monoisotopic (exact) mass is 339 g/mol. The molecule has 3 aromatic rings. The Labute approximate surface area is 144 Å². The minimum atomic E-state index is -0.260. The van der Waals surface area contributed by atoms with E-state index in [1.165, 1.54) is 17.4 Å². The zero-order chi connectivity index (χ0) is 16.7. The lowest BCUT2D eigenvalue weighted by molar-refractivity contribution is 0.0996. The van der Waals surface area contributed by atoms with E-state index in [2.05, 4.69) is 31.3 Å². The quantitative estimate of drug-likeness (QED) is 0.781. The van der Waals surface area contributed by atoms with Gasteiger partial charge < -0.3 is 9.73 Å². The lowest BCUT2D eigenvalue weighted by Crippen LogP contribution is -2.15. The number of aryl methyl sites for hydroxylation is 2. The van der Waals surface area contributed by atoms with Gasteiger partial charge in [0.05, 0.1) is 17.6 Å². The van der Waals surface area contributed by atoms with Gasteiger partial charge in [0.25, 0.3) is 5.91 Å². The van der Waals surface area contributed by atoms with Gasteiger partial charge in [-0.2, -0.15) is 16.9 Å². The highest BCUT2D eigenvalue weighted by Crippen LogP contribution is 2.36. The number of hydrogen-bond donors (Lipinski definition) is 1. The lowest BCUT2D eigenvalue weighted by atomic mass is 10.1. The smallest absolute Gasteiger partial charge is 0.292 e. The first-order chi connectivity index (χ1) is 11.6. The number of anilines is 1. The summed E-state index contributed by atoms with van der Waals surface area (Å²) < 4.78 is 7.03. The summed E-state index contributed by atoms with van der Waals surface area (Å²) in [7, 11) is 0. The van der Waals surface area contributed by atoms with Crippen molar-refractivity contribution in [1.82, 2.24) is 9.78 Å². The van der Waals surface area contributed by atoms with Crippen LogP contribution in [0.25, 0.3) is 5.69 Å². The first-order valence-electron chi connectivity index (χ1n) is 7.74. The molecule has 4 rings (SSSR count). The highest BCUT2D eigenvalue weighted by molar-refractivity contribution is 7.98. The maximum atomic E-state index is 12.4. The topological polar surface area (TPSA) is 60.1 Å². The fraction of sp³-hybridized carbons (Fsp3) is 0.222. The molecule has 6 heteroatoms. The van der Waals surface area contributed by atoms with Gasteiger partial charge in [0.1, 0.15) is 5.82 Å². The SMILES string of the molecule is Cc1ccc(-n2nc3c(c2NC(=O)c2ccco2)CSC3)cc1C. The maximum absolute atomic E-state index is 12.4. The molecule has 0 fully saturated rings. The summed E-state index contributed by atoms with van der Waals surface area (Å²) in [6, 6.07) is 9.55. The van der Waals surface area contributed by atoms with Crippen LogP contribution in [0.5, 0.6) is 0 Å². The number of amides is 1. The van der Waals surface area contributed by atoms with Crippen LogP contribution in [0.3, 0.4) is 0 Å². The van der Waals surface area contributed by atoms with E-state index in [4.69, 9.17) is 9.52 Å². The van der Waals surface area contributed by atoms with Gasteiger partial charge in [-0.3, -0.25) is 4.79 Å². The zero-order valence-corrected chi connectivity index (χ0v) is 14.3. The van der Waals surface area contributed by atoms with Crippen LogP contribution in [-0.4, -0.2) is 15.7 Å².